The molecule has 2 heterocycles. The number of rotatable bonds is 3. The summed E-state index contributed by atoms with van der Waals surface area (Å²) in [5.41, 5.74) is 5.13. The zero-order chi connectivity index (χ0) is 22.6. The van der Waals surface area contributed by atoms with Gasteiger partial charge >= 0.3 is 5.97 Å². The number of hydrogen-bond donors (Lipinski definition) is 2. The zero-order valence-electron chi connectivity index (χ0n) is 20.1. The van der Waals surface area contributed by atoms with Gasteiger partial charge < -0.3 is 19.6 Å². The van der Waals surface area contributed by atoms with Gasteiger partial charge in [-0.15, -0.1) is 0 Å². The van der Waals surface area contributed by atoms with Gasteiger partial charge in [-0.2, -0.15) is 0 Å². The molecular weight excluding hydrogens is 400 g/mol. The van der Waals surface area contributed by atoms with Crippen molar-refractivity contribution in [1.29, 1.82) is 0 Å². The summed E-state index contributed by atoms with van der Waals surface area (Å²) in [6.45, 7) is 13.7. The molecular formula is C27H39N2O3+. The Balaban J connectivity index is 1.28. The van der Waals surface area contributed by atoms with Crippen LogP contribution in [0.3, 0.4) is 0 Å². The number of benzene rings is 1. The van der Waals surface area contributed by atoms with Crippen LogP contribution in [0.15, 0.2) is 29.8 Å². The lowest BCUT2D eigenvalue weighted by atomic mass is 9.55. The van der Waals surface area contributed by atoms with Gasteiger partial charge in [0.05, 0.1) is 38.8 Å². The van der Waals surface area contributed by atoms with Crippen LogP contribution in [-0.4, -0.2) is 56.0 Å². The number of carbonyl (C=O) groups is 1. The van der Waals surface area contributed by atoms with Gasteiger partial charge in [-0.1, -0.05) is 37.6 Å². The van der Waals surface area contributed by atoms with Gasteiger partial charge in [-0.3, -0.25) is 4.79 Å². The van der Waals surface area contributed by atoms with E-state index in [1.807, 2.05) is 0 Å². The van der Waals surface area contributed by atoms with E-state index in [0.717, 1.165) is 52.0 Å². The first-order valence-corrected chi connectivity index (χ1v) is 12.5. The molecule has 0 spiro atoms. The highest BCUT2D eigenvalue weighted by molar-refractivity contribution is 5.76. The normalized spacial score (nSPS) is 37.5. The van der Waals surface area contributed by atoms with Crippen molar-refractivity contribution < 1.29 is 19.5 Å². The van der Waals surface area contributed by atoms with Gasteiger partial charge in [0.25, 0.3) is 0 Å². The standard InChI is InChI=1S/C27H38N2O3/c1-17-7-5-10-22(19(17)3)29-13-11-28(12-14-29)16-21-24-23(32-26(21)31)15-20-9-6-8-18(2)27(20,4)25(24)30/h5,7,9-10,18,21,23-25,30H,6,8,11-16H2,1-4H3/p+1. The molecule has 2 aliphatic carbocycles. The molecule has 2 aliphatic heterocycles. The van der Waals surface area contributed by atoms with Crippen LogP contribution in [-0.2, 0) is 9.53 Å². The van der Waals surface area contributed by atoms with Gasteiger partial charge in [0.1, 0.15) is 12.0 Å². The number of anilines is 1. The molecule has 5 heteroatoms. The molecule has 4 aliphatic rings. The van der Waals surface area contributed by atoms with Gasteiger partial charge in [-0.25, -0.2) is 0 Å². The van der Waals surface area contributed by atoms with Gasteiger partial charge in [0.2, 0.25) is 0 Å². The second-order valence-electron chi connectivity index (χ2n) is 11.0. The number of aryl methyl sites for hydroxylation is 1. The van der Waals surface area contributed by atoms with Crippen LogP contribution >= 0.6 is 0 Å². The van der Waals surface area contributed by atoms with E-state index >= 15 is 0 Å². The Morgan fingerprint density at radius 3 is 2.75 bits per heavy atom. The molecule has 3 fully saturated rings. The Kier molecular flexibility index (Phi) is 5.61. The molecule has 6 unspecified atom stereocenters. The largest absolute Gasteiger partial charge is 0.461 e. The summed E-state index contributed by atoms with van der Waals surface area (Å²) in [6.07, 6.45) is 4.64. The highest BCUT2D eigenvalue weighted by Crippen LogP contribution is 2.55. The Labute approximate surface area is 192 Å². The van der Waals surface area contributed by atoms with Crippen molar-refractivity contribution in [3.63, 3.8) is 0 Å². The molecule has 5 rings (SSSR count). The number of allylic oxidation sites excluding steroid dienone is 1. The zero-order valence-corrected chi connectivity index (χ0v) is 20.1. The summed E-state index contributed by atoms with van der Waals surface area (Å²) in [4.78, 5) is 16.9. The number of aliphatic hydroxyl groups is 1. The van der Waals surface area contributed by atoms with Crippen LogP contribution in [0.2, 0.25) is 0 Å². The van der Waals surface area contributed by atoms with E-state index in [1.165, 1.54) is 27.3 Å². The van der Waals surface area contributed by atoms with E-state index in [-0.39, 0.29) is 29.3 Å². The average Bonchev–Trinajstić information content (AvgIpc) is 3.08. The van der Waals surface area contributed by atoms with Crippen molar-refractivity contribution in [2.75, 3.05) is 37.6 Å². The first kappa shape index (κ1) is 22.0. The van der Waals surface area contributed by atoms with Gasteiger partial charge in [0, 0.05) is 23.4 Å². The summed E-state index contributed by atoms with van der Waals surface area (Å²) >= 11 is 0. The lowest BCUT2D eigenvalue weighted by Gasteiger charge is -2.51. The second-order valence-corrected chi connectivity index (χ2v) is 11.0. The van der Waals surface area contributed by atoms with Crippen LogP contribution in [0, 0.1) is 37.0 Å². The van der Waals surface area contributed by atoms with Gasteiger partial charge in [-0.05, 0) is 49.8 Å². The van der Waals surface area contributed by atoms with Crippen LogP contribution in [0.4, 0.5) is 5.69 Å². The molecule has 6 atom stereocenters. The smallest absolute Gasteiger partial charge is 0.315 e. The number of nitrogens with one attached hydrogen (secondary N) is 1. The predicted molar refractivity (Wildman–Crippen MR) is 126 cm³/mol. The lowest BCUT2D eigenvalue weighted by Crippen LogP contribution is -3.15. The topological polar surface area (TPSA) is 54.2 Å². The number of fused-ring (bicyclic) bond motifs is 2. The average molecular weight is 440 g/mol. The van der Waals surface area contributed by atoms with E-state index in [4.69, 9.17) is 4.74 Å². The minimum absolute atomic E-state index is 0.0743. The Morgan fingerprint density at radius 1 is 1.25 bits per heavy atom. The summed E-state index contributed by atoms with van der Waals surface area (Å²) in [6, 6.07) is 6.54. The highest BCUT2D eigenvalue weighted by Gasteiger charge is 2.60. The molecule has 2 saturated heterocycles. The summed E-state index contributed by atoms with van der Waals surface area (Å²) in [5, 5.41) is 11.6. The van der Waals surface area contributed by atoms with Gasteiger partial charge in [0.15, 0.2) is 0 Å². The van der Waals surface area contributed by atoms with Crippen molar-refractivity contribution in [3.8, 4) is 0 Å². The van der Waals surface area contributed by atoms with Crippen LogP contribution in [0.5, 0.6) is 0 Å². The third-order valence-electron chi connectivity index (χ3n) is 9.47. The second kappa shape index (κ2) is 8.18. The maximum absolute atomic E-state index is 12.9. The number of aliphatic hydroxyl groups excluding tert-OH is 1. The highest BCUT2D eigenvalue weighted by atomic mass is 16.6. The maximum Gasteiger partial charge on any atom is 0.315 e. The van der Waals surface area contributed by atoms with Crippen molar-refractivity contribution in [2.24, 2.45) is 23.2 Å². The van der Waals surface area contributed by atoms with Crippen molar-refractivity contribution >= 4 is 11.7 Å². The molecule has 0 aromatic heterocycles. The van der Waals surface area contributed by atoms with Crippen LogP contribution in [0.25, 0.3) is 0 Å². The lowest BCUT2D eigenvalue weighted by molar-refractivity contribution is -0.903. The van der Waals surface area contributed by atoms with E-state index < -0.39 is 6.10 Å². The molecule has 2 N–H and O–H groups in total. The third-order valence-corrected chi connectivity index (χ3v) is 9.47. The Morgan fingerprint density at radius 2 is 2.00 bits per heavy atom. The molecule has 174 valence electrons. The fourth-order valence-electron chi connectivity index (χ4n) is 6.95. The molecule has 1 saturated carbocycles. The van der Waals surface area contributed by atoms with Crippen molar-refractivity contribution in [1.82, 2.24) is 0 Å². The summed E-state index contributed by atoms with van der Waals surface area (Å²) in [7, 11) is 0. The quantitative estimate of drug-likeness (QED) is 0.561. The number of carbonyl (C=O) groups excluding carboxylic acids is 1. The van der Waals surface area contributed by atoms with Crippen LogP contribution in [0.1, 0.15) is 44.2 Å². The van der Waals surface area contributed by atoms with Crippen LogP contribution < -0.4 is 9.80 Å². The molecule has 1 aromatic rings. The number of esters is 1. The van der Waals surface area contributed by atoms with Crippen molar-refractivity contribution in [2.45, 2.75) is 59.2 Å². The molecule has 0 radical (unpaired) electrons. The predicted octanol–water partition coefficient (Wildman–Crippen LogP) is 2.29. The Hall–Kier alpha value is -1.85. The molecule has 0 bridgehead atoms. The minimum atomic E-state index is -0.505. The number of piperazine rings is 1. The first-order chi connectivity index (χ1) is 15.3. The van der Waals surface area contributed by atoms with E-state index in [0.29, 0.717) is 5.92 Å². The fourth-order valence-corrected chi connectivity index (χ4v) is 6.95. The van der Waals surface area contributed by atoms with Crippen molar-refractivity contribution in [3.05, 3.63) is 41.0 Å². The SMILES string of the molecule is Cc1cccc(N2CC[NH+](CC3C(=O)OC4CC5=CCCC(C)C5(C)C(O)C43)CC2)c1C. The Bertz CT molecular complexity index is 919. The maximum atomic E-state index is 12.9. The molecule has 1 aromatic carbocycles. The first-order valence-electron chi connectivity index (χ1n) is 12.5. The number of hydrogen-bond acceptors (Lipinski definition) is 4. The molecule has 5 nitrogen and oxygen atoms in total. The summed E-state index contributed by atoms with van der Waals surface area (Å²) in [5.74, 6) is 0.0850. The third kappa shape index (κ3) is 3.40. The number of quaternary nitrogens is 1. The van der Waals surface area contributed by atoms with E-state index in [9.17, 15) is 9.90 Å². The number of ether oxygens (including phenoxy) is 1. The molecule has 32 heavy (non-hydrogen) atoms. The van der Waals surface area contributed by atoms with E-state index in [2.05, 4.69) is 56.9 Å². The minimum Gasteiger partial charge on any atom is -0.461 e. The summed E-state index contributed by atoms with van der Waals surface area (Å²) < 4.78 is 5.87. The fraction of sp³-hybridized carbons (Fsp3) is 0.667. The molecule has 0 amide bonds. The monoisotopic (exact) mass is 439 g/mol. The van der Waals surface area contributed by atoms with E-state index in [1.54, 1.807) is 0 Å². The number of nitrogens with zero attached hydrogens (tertiary/aromatic N) is 1.